The van der Waals surface area contributed by atoms with Gasteiger partial charge in [-0.3, -0.25) is 36.2 Å². The van der Waals surface area contributed by atoms with E-state index in [1.54, 1.807) is 0 Å². The molecule has 0 aromatic heterocycles. The lowest BCUT2D eigenvalue weighted by Gasteiger charge is -2.15. The second kappa shape index (κ2) is 14.6. The molecule has 0 aromatic carbocycles. The Bertz CT molecular complexity index is 612. The molecule has 30 heavy (non-hydrogen) atoms. The van der Waals surface area contributed by atoms with Crippen molar-refractivity contribution in [2.24, 2.45) is 0 Å². The van der Waals surface area contributed by atoms with Crippen molar-refractivity contribution in [3.63, 3.8) is 0 Å². The van der Waals surface area contributed by atoms with Crippen molar-refractivity contribution >= 4 is 31.3 Å². The van der Waals surface area contributed by atoms with Gasteiger partial charge >= 0.3 is 31.3 Å². The van der Waals surface area contributed by atoms with Crippen LogP contribution in [0.2, 0.25) is 0 Å². The quantitative estimate of drug-likeness (QED) is 0.108. The number of hydrogen-bond acceptors (Lipinski definition) is 12. The minimum Gasteiger partial charge on any atom is -0.302 e. The fourth-order valence-electron chi connectivity index (χ4n) is 1.35. The number of hydrogen-bond donors (Lipinski definition) is 4. The maximum Gasteiger partial charge on any atom is 0.474 e. The normalized spacial score (nSPS) is 20.1. The van der Waals surface area contributed by atoms with Crippen LogP contribution in [0.25, 0.3) is 0 Å². The molecular formula is C10H26O16P4. The zero-order valence-corrected chi connectivity index (χ0v) is 19.7. The van der Waals surface area contributed by atoms with E-state index in [1.807, 2.05) is 0 Å². The molecule has 20 heteroatoms. The number of phosphoric acid groups is 4. The largest absolute Gasteiger partial charge is 0.474 e. The molecule has 0 radical (unpaired) electrons. The van der Waals surface area contributed by atoms with Crippen LogP contribution < -0.4 is 0 Å². The van der Waals surface area contributed by atoms with E-state index in [-0.39, 0.29) is 39.3 Å². The molecule has 0 bridgehead atoms. The summed E-state index contributed by atoms with van der Waals surface area (Å²) in [6, 6.07) is 0. The van der Waals surface area contributed by atoms with Crippen LogP contribution >= 0.6 is 31.3 Å². The van der Waals surface area contributed by atoms with Crippen LogP contribution in [-0.2, 0) is 54.5 Å². The molecule has 0 rings (SSSR count). The monoisotopic (exact) mass is 526 g/mol. The van der Waals surface area contributed by atoms with Gasteiger partial charge in [-0.25, -0.2) is 18.3 Å². The van der Waals surface area contributed by atoms with E-state index < -0.39 is 44.9 Å². The third kappa shape index (κ3) is 17.0. The van der Waals surface area contributed by atoms with Crippen molar-refractivity contribution in [3.8, 4) is 0 Å². The van der Waals surface area contributed by atoms with Gasteiger partial charge in [0.05, 0.1) is 26.4 Å². The van der Waals surface area contributed by atoms with Crippen LogP contribution in [0.1, 0.15) is 26.7 Å². The Morgan fingerprint density at radius 3 is 1.03 bits per heavy atom. The van der Waals surface area contributed by atoms with Gasteiger partial charge < -0.3 is 19.6 Å². The number of unbranched alkanes of at least 4 members (excludes halogenated alkanes) is 1. The highest BCUT2D eigenvalue weighted by atomic mass is 31.2. The molecule has 4 N–H and O–H groups in total. The van der Waals surface area contributed by atoms with Gasteiger partial charge in [0.25, 0.3) is 0 Å². The first kappa shape index (κ1) is 30.4. The third-order valence-corrected chi connectivity index (χ3v) is 6.41. The molecule has 182 valence electrons. The molecule has 16 nitrogen and oxygen atoms in total. The minimum atomic E-state index is -4.58. The summed E-state index contributed by atoms with van der Waals surface area (Å²) >= 11 is 0. The molecule has 0 spiro atoms. The van der Waals surface area contributed by atoms with Crippen LogP contribution in [0.5, 0.6) is 0 Å². The van der Waals surface area contributed by atoms with Crippen molar-refractivity contribution in [1.82, 2.24) is 0 Å². The maximum atomic E-state index is 11.5. The van der Waals surface area contributed by atoms with Crippen molar-refractivity contribution in [2.75, 3.05) is 40.0 Å². The van der Waals surface area contributed by atoms with E-state index in [9.17, 15) is 28.0 Å². The zero-order chi connectivity index (χ0) is 23.3. The summed E-state index contributed by atoms with van der Waals surface area (Å²) in [6.45, 7) is -0.134. The highest BCUT2D eigenvalue weighted by molar-refractivity contribution is 7.48. The third-order valence-electron chi connectivity index (χ3n) is 2.50. The minimum absolute atomic E-state index is 0.0822. The Morgan fingerprint density at radius 1 is 0.500 bits per heavy atom. The molecule has 0 saturated carbocycles. The molecule has 0 fully saturated rings. The van der Waals surface area contributed by atoms with Gasteiger partial charge in [0.15, 0.2) is 13.6 Å². The van der Waals surface area contributed by atoms with Crippen molar-refractivity contribution in [1.29, 1.82) is 0 Å². The Morgan fingerprint density at radius 2 is 0.767 bits per heavy atom. The topological polar surface area (TPSA) is 223 Å². The second-order valence-electron chi connectivity index (χ2n) is 4.84. The first-order valence-electron chi connectivity index (χ1n) is 8.21. The van der Waals surface area contributed by atoms with Crippen molar-refractivity contribution in [2.45, 2.75) is 26.7 Å². The summed E-state index contributed by atoms with van der Waals surface area (Å²) in [5.74, 6) is 0. The number of phosphoric ester groups is 4. The number of rotatable bonds is 19. The molecule has 0 aromatic rings. The Hall–Kier alpha value is 0.440. The molecule has 4 atom stereocenters. The zero-order valence-electron chi connectivity index (χ0n) is 16.1. The molecule has 0 heterocycles. The standard InChI is InChI=1S/C10H26O16P4/c1-3-19-27(11,12)23-9-25-29(15,16)21-7-5-6-8-22-30(17,18)26-10-24-28(13,14)20-4-2/h3-10H2,1-2H3,(H,11,12)(H,13,14)(H,15,16)(H,17,18). The predicted octanol–water partition coefficient (Wildman–Crippen LogP) is 2.26. The van der Waals surface area contributed by atoms with E-state index in [0.717, 1.165) is 0 Å². The van der Waals surface area contributed by atoms with Gasteiger partial charge in [-0.1, -0.05) is 0 Å². The predicted molar refractivity (Wildman–Crippen MR) is 97.8 cm³/mol. The average Bonchev–Trinajstić information content (AvgIpc) is 2.56. The van der Waals surface area contributed by atoms with Crippen LogP contribution in [0.3, 0.4) is 0 Å². The van der Waals surface area contributed by atoms with Crippen LogP contribution in [-0.4, -0.2) is 59.6 Å². The Kier molecular flexibility index (Phi) is 14.8. The van der Waals surface area contributed by atoms with Crippen LogP contribution in [0.4, 0.5) is 0 Å². The van der Waals surface area contributed by atoms with Crippen molar-refractivity contribution in [3.05, 3.63) is 0 Å². The van der Waals surface area contributed by atoms with E-state index in [4.69, 9.17) is 9.79 Å². The molecule has 0 amide bonds. The van der Waals surface area contributed by atoms with Gasteiger partial charge in [0, 0.05) is 0 Å². The molecule has 0 aliphatic carbocycles. The highest BCUT2D eigenvalue weighted by Gasteiger charge is 2.27. The molecule has 0 aliphatic rings. The average molecular weight is 526 g/mol. The van der Waals surface area contributed by atoms with E-state index in [2.05, 4.69) is 36.2 Å². The summed E-state index contributed by atoms with van der Waals surface area (Å²) in [5.41, 5.74) is 0. The van der Waals surface area contributed by atoms with Gasteiger partial charge in [-0.2, -0.15) is 0 Å². The van der Waals surface area contributed by atoms with Crippen LogP contribution in [0.15, 0.2) is 0 Å². The van der Waals surface area contributed by atoms with E-state index >= 15 is 0 Å². The van der Waals surface area contributed by atoms with E-state index in [0.29, 0.717) is 0 Å². The van der Waals surface area contributed by atoms with Crippen LogP contribution in [0, 0.1) is 0 Å². The lowest BCUT2D eigenvalue weighted by Crippen LogP contribution is -2.04. The molecule has 4 unspecified atom stereocenters. The van der Waals surface area contributed by atoms with Gasteiger partial charge in [0.2, 0.25) is 0 Å². The van der Waals surface area contributed by atoms with Gasteiger partial charge in [0.1, 0.15) is 0 Å². The summed E-state index contributed by atoms with van der Waals surface area (Å²) in [4.78, 5) is 36.8. The Balaban J connectivity index is 3.95. The fourth-order valence-corrected chi connectivity index (χ4v) is 3.93. The Labute approximate surface area is 172 Å². The maximum absolute atomic E-state index is 11.5. The smallest absolute Gasteiger partial charge is 0.302 e. The second-order valence-corrected chi connectivity index (χ2v) is 10.6. The summed E-state index contributed by atoms with van der Waals surface area (Å²) in [5, 5.41) is 0. The first-order valence-corrected chi connectivity index (χ1v) is 14.2. The lowest BCUT2D eigenvalue weighted by atomic mass is 10.3. The van der Waals surface area contributed by atoms with E-state index in [1.165, 1.54) is 13.8 Å². The first-order chi connectivity index (χ1) is 13.7. The van der Waals surface area contributed by atoms with Crippen molar-refractivity contribution < 1.29 is 74.0 Å². The van der Waals surface area contributed by atoms with Gasteiger partial charge in [-0.15, -0.1) is 0 Å². The SMILES string of the molecule is CCOP(=O)(O)OCOP(=O)(O)OCCCCOP(=O)(O)OCOP(=O)(O)OCC. The summed E-state index contributed by atoms with van der Waals surface area (Å²) in [7, 11) is -17.9. The molecule has 0 saturated heterocycles. The molecular weight excluding hydrogens is 500 g/mol. The summed E-state index contributed by atoms with van der Waals surface area (Å²) < 4.78 is 80.3. The highest BCUT2D eigenvalue weighted by Crippen LogP contribution is 2.49. The lowest BCUT2D eigenvalue weighted by molar-refractivity contribution is 0.0336. The molecule has 0 aliphatic heterocycles. The fraction of sp³-hybridized carbons (Fsp3) is 1.00. The summed E-state index contributed by atoms with van der Waals surface area (Å²) in [6.07, 6.45) is 0.164. The van der Waals surface area contributed by atoms with Gasteiger partial charge in [-0.05, 0) is 26.7 Å².